The molecule has 0 aliphatic carbocycles. The summed E-state index contributed by atoms with van der Waals surface area (Å²) < 4.78 is 2.48. The van der Waals surface area contributed by atoms with E-state index in [1.54, 1.807) is 0 Å². The van der Waals surface area contributed by atoms with E-state index < -0.39 is 0 Å². The molecule has 11 rings (SSSR count). The third-order valence-corrected chi connectivity index (χ3v) is 17.7. The lowest BCUT2D eigenvalue weighted by molar-refractivity contribution is 0.590. The Kier molecular flexibility index (Phi) is 17.9. The summed E-state index contributed by atoms with van der Waals surface area (Å²) >= 11 is 0. The first-order valence-corrected chi connectivity index (χ1v) is 32.0. The zero-order valence-corrected chi connectivity index (χ0v) is 52.2. The van der Waals surface area contributed by atoms with Gasteiger partial charge in [-0.25, -0.2) is 0 Å². The Bertz CT molecular complexity index is 3980. The predicted octanol–water partition coefficient (Wildman–Crippen LogP) is 24.4. The van der Waals surface area contributed by atoms with Gasteiger partial charge in [0.1, 0.15) is 0 Å². The molecular formula is C83H88N2. The summed E-state index contributed by atoms with van der Waals surface area (Å²) in [6.07, 6.45) is 14.1. The van der Waals surface area contributed by atoms with Gasteiger partial charge in [-0.3, -0.25) is 0 Å². The van der Waals surface area contributed by atoms with Crippen molar-refractivity contribution in [3.63, 3.8) is 0 Å². The number of anilines is 3. The predicted molar refractivity (Wildman–Crippen MR) is 370 cm³/mol. The molecule has 0 atom stereocenters. The highest BCUT2D eigenvalue weighted by atomic mass is 15.1. The molecule has 0 radical (unpaired) electrons. The number of hydrogen-bond acceptors (Lipinski definition) is 1. The van der Waals surface area contributed by atoms with E-state index in [1.165, 1.54) is 162 Å². The summed E-state index contributed by atoms with van der Waals surface area (Å²) in [5.41, 5.74) is 26.9. The Morgan fingerprint density at radius 3 is 1.19 bits per heavy atom. The van der Waals surface area contributed by atoms with Gasteiger partial charge < -0.3 is 9.47 Å². The Balaban J connectivity index is 1.01. The molecule has 0 saturated carbocycles. The van der Waals surface area contributed by atoms with Crippen LogP contribution in [-0.2, 0) is 30.1 Å². The first-order chi connectivity index (χ1) is 41.3. The molecular weight excluding hydrogens is 1020 g/mol. The molecule has 0 aliphatic rings. The fourth-order valence-electron chi connectivity index (χ4n) is 12.7. The van der Waals surface area contributed by atoms with Gasteiger partial charge in [0.25, 0.3) is 0 Å². The van der Waals surface area contributed by atoms with E-state index >= 15 is 0 Å². The maximum absolute atomic E-state index is 2.61. The molecule has 430 valence electrons. The van der Waals surface area contributed by atoms with Gasteiger partial charge in [-0.1, -0.05) is 259 Å². The molecule has 11 aromatic rings. The highest BCUT2D eigenvalue weighted by molar-refractivity contribution is 6.12. The molecule has 1 heterocycles. The van der Waals surface area contributed by atoms with Gasteiger partial charge in [-0.15, -0.1) is 0 Å². The molecule has 0 N–H and O–H groups in total. The van der Waals surface area contributed by atoms with Crippen molar-refractivity contribution in [3.05, 3.63) is 252 Å². The van der Waals surface area contributed by atoms with Gasteiger partial charge in [0.05, 0.1) is 11.0 Å². The quantitative estimate of drug-likeness (QED) is 0.0651. The van der Waals surface area contributed by atoms with Crippen LogP contribution in [0, 0.1) is 0 Å². The van der Waals surface area contributed by atoms with E-state index in [0.29, 0.717) is 0 Å². The third kappa shape index (κ3) is 13.2. The smallest absolute Gasteiger partial charge is 0.0541 e. The summed E-state index contributed by atoms with van der Waals surface area (Å²) in [5.74, 6) is 0. The van der Waals surface area contributed by atoms with Gasteiger partial charge in [0.2, 0.25) is 0 Å². The minimum atomic E-state index is 0.0616. The number of nitrogens with zero attached hydrogens (tertiary/aromatic N) is 2. The lowest BCUT2D eigenvalue weighted by Crippen LogP contribution is -2.13. The molecule has 0 amide bonds. The number of aryl methyl sites for hydroxylation is 3. The molecule has 0 spiro atoms. The van der Waals surface area contributed by atoms with Crippen LogP contribution in [0.15, 0.2) is 224 Å². The average molecular weight is 1110 g/mol. The summed E-state index contributed by atoms with van der Waals surface area (Å²) in [6.45, 7) is 20.6. The molecule has 2 heteroatoms. The molecule has 0 unspecified atom stereocenters. The van der Waals surface area contributed by atoms with Gasteiger partial charge >= 0.3 is 0 Å². The highest BCUT2D eigenvalue weighted by Crippen LogP contribution is 2.43. The van der Waals surface area contributed by atoms with E-state index in [0.717, 1.165) is 42.7 Å². The molecule has 0 fully saturated rings. The summed E-state index contributed by atoms with van der Waals surface area (Å²) in [5, 5.41) is 2.55. The Morgan fingerprint density at radius 1 is 0.318 bits per heavy atom. The van der Waals surface area contributed by atoms with E-state index in [1.807, 2.05) is 0 Å². The standard InChI is InChI=1S/C83H88N2/c1-10-13-15-18-25-67-57-77(69-40-54-81-79(58-69)78-55-66(60-23-20-17-21-24-60)39-53-80(78)85(81)75-47-35-64(36-48-75)62-31-41-70(42-32-62)82(4,5)6)68(26-19-16-14-11-2)56-76(67)65-37-49-73(50-38-65)84(74-51-43-71(44-52-74)83(7,8)9)72-45-33-63(34-46-72)61-29-27-59(22-12-3)28-30-61/h17,20-21,23-24,27-58H,10-16,18-19,22,25-26H2,1-9H3. The Morgan fingerprint density at radius 2 is 0.706 bits per heavy atom. The van der Waals surface area contributed by atoms with Crippen LogP contribution >= 0.6 is 0 Å². The van der Waals surface area contributed by atoms with Gasteiger partial charge in [-0.05, 0) is 199 Å². The van der Waals surface area contributed by atoms with Gasteiger partial charge in [-0.2, -0.15) is 0 Å². The first-order valence-electron chi connectivity index (χ1n) is 32.0. The lowest BCUT2D eigenvalue weighted by Gasteiger charge is -2.27. The van der Waals surface area contributed by atoms with E-state index in [-0.39, 0.29) is 10.8 Å². The van der Waals surface area contributed by atoms with Crippen LogP contribution in [-0.4, -0.2) is 4.57 Å². The number of unbranched alkanes of at least 4 members (excludes halogenated alkanes) is 6. The zero-order chi connectivity index (χ0) is 59.1. The van der Waals surface area contributed by atoms with Crippen molar-refractivity contribution in [1.82, 2.24) is 4.57 Å². The summed E-state index contributed by atoms with van der Waals surface area (Å²) in [4.78, 5) is 2.43. The number of hydrogen-bond donors (Lipinski definition) is 0. The van der Waals surface area contributed by atoms with Crippen molar-refractivity contribution in [2.24, 2.45) is 0 Å². The van der Waals surface area contributed by atoms with E-state index in [9.17, 15) is 0 Å². The number of benzene rings is 10. The zero-order valence-electron chi connectivity index (χ0n) is 52.2. The fraction of sp³-hybridized carbons (Fsp3) is 0.277. The molecule has 0 bridgehead atoms. The molecule has 1 aromatic heterocycles. The van der Waals surface area contributed by atoms with Crippen LogP contribution in [0.25, 0.3) is 83.1 Å². The maximum Gasteiger partial charge on any atom is 0.0541 e. The summed E-state index contributed by atoms with van der Waals surface area (Å²) in [6, 6.07) is 85.8. The van der Waals surface area contributed by atoms with Crippen LogP contribution in [0.1, 0.15) is 148 Å². The molecule has 10 aromatic carbocycles. The van der Waals surface area contributed by atoms with Crippen LogP contribution in [0.4, 0.5) is 17.1 Å². The second-order valence-electron chi connectivity index (χ2n) is 26.0. The van der Waals surface area contributed by atoms with Crippen molar-refractivity contribution in [2.45, 2.75) is 150 Å². The number of fused-ring (bicyclic) bond motifs is 3. The minimum absolute atomic E-state index is 0.0616. The van der Waals surface area contributed by atoms with Gasteiger partial charge in [0.15, 0.2) is 0 Å². The van der Waals surface area contributed by atoms with Crippen molar-refractivity contribution < 1.29 is 0 Å². The van der Waals surface area contributed by atoms with Crippen molar-refractivity contribution in [3.8, 4) is 61.3 Å². The Hall–Kier alpha value is -8.20. The number of aromatic nitrogens is 1. The average Bonchev–Trinajstić information content (AvgIpc) is 1.94. The maximum atomic E-state index is 2.61. The molecule has 0 aliphatic heterocycles. The monoisotopic (exact) mass is 1110 g/mol. The normalized spacial score (nSPS) is 11.9. The molecule has 85 heavy (non-hydrogen) atoms. The van der Waals surface area contributed by atoms with E-state index in [4.69, 9.17) is 0 Å². The van der Waals surface area contributed by atoms with Crippen LogP contribution < -0.4 is 4.90 Å². The largest absolute Gasteiger partial charge is 0.311 e. The summed E-state index contributed by atoms with van der Waals surface area (Å²) in [7, 11) is 0. The topological polar surface area (TPSA) is 8.17 Å². The third-order valence-electron chi connectivity index (χ3n) is 17.7. The lowest BCUT2D eigenvalue weighted by atomic mass is 9.86. The van der Waals surface area contributed by atoms with Gasteiger partial charge in [0, 0.05) is 33.5 Å². The molecule has 2 nitrogen and oxygen atoms in total. The fourth-order valence-corrected chi connectivity index (χ4v) is 12.7. The molecule has 0 saturated heterocycles. The van der Waals surface area contributed by atoms with Crippen molar-refractivity contribution >= 4 is 38.9 Å². The second kappa shape index (κ2) is 26.0. The number of rotatable bonds is 21. The van der Waals surface area contributed by atoms with Crippen LogP contribution in [0.2, 0.25) is 0 Å². The highest BCUT2D eigenvalue weighted by Gasteiger charge is 2.21. The van der Waals surface area contributed by atoms with Crippen LogP contribution in [0.5, 0.6) is 0 Å². The van der Waals surface area contributed by atoms with Crippen LogP contribution in [0.3, 0.4) is 0 Å². The Labute approximate surface area is 509 Å². The first kappa shape index (κ1) is 58.6. The van der Waals surface area contributed by atoms with Crippen molar-refractivity contribution in [1.29, 1.82) is 0 Å². The van der Waals surface area contributed by atoms with Crippen molar-refractivity contribution in [2.75, 3.05) is 4.90 Å². The SMILES string of the molecule is CCCCCCc1cc(-c2ccc3c(c2)c2cc(-c4ccccc4)ccc2n3-c2ccc(-c3ccc(C(C)(C)C)cc3)cc2)c(CCCCCC)cc1-c1ccc(N(c2ccc(-c3ccc(CCC)cc3)cc2)c2ccc(C(C)(C)C)cc2)cc1. The second-order valence-corrected chi connectivity index (χ2v) is 26.0. The minimum Gasteiger partial charge on any atom is -0.311 e. The van der Waals surface area contributed by atoms with E-state index in [2.05, 4.69) is 296 Å².